The molecule has 3 aromatic rings. The summed E-state index contributed by atoms with van der Waals surface area (Å²) in [5.74, 6) is -2.74. The lowest BCUT2D eigenvalue weighted by Crippen LogP contribution is -2.13. The molecule has 3 rings (SSSR count). The Kier molecular flexibility index (Phi) is 4.34. The molecule has 0 saturated carbocycles. The Morgan fingerprint density at radius 2 is 1.84 bits per heavy atom. The molecule has 0 bridgehead atoms. The van der Waals surface area contributed by atoms with Crippen molar-refractivity contribution in [3.05, 3.63) is 59.8 Å². The summed E-state index contributed by atoms with van der Waals surface area (Å²) in [4.78, 5) is 15.5. The number of rotatable bonds is 5. The van der Waals surface area contributed by atoms with E-state index in [9.17, 15) is 13.6 Å². The summed E-state index contributed by atoms with van der Waals surface area (Å²) in [7, 11) is 1.47. The van der Waals surface area contributed by atoms with Crippen LogP contribution in [0.1, 0.15) is 10.5 Å². The van der Waals surface area contributed by atoms with Gasteiger partial charge in [0.15, 0.2) is 5.69 Å². The van der Waals surface area contributed by atoms with Crippen LogP contribution in [-0.4, -0.2) is 18.0 Å². The number of ether oxygens (including phenoxy) is 1. The van der Waals surface area contributed by atoms with Gasteiger partial charge in [-0.05, 0) is 24.3 Å². The number of hydrogen-bond acceptors (Lipinski definition) is 5. The molecule has 0 aliphatic carbocycles. The van der Waals surface area contributed by atoms with Crippen LogP contribution in [0.25, 0.3) is 11.5 Å². The van der Waals surface area contributed by atoms with Crippen molar-refractivity contribution in [3.8, 4) is 17.2 Å². The first-order chi connectivity index (χ1) is 12.0. The number of methoxy groups -OCH3 is 1. The van der Waals surface area contributed by atoms with Crippen LogP contribution in [0.3, 0.4) is 0 Å². The fourth-order valence-corrected chi connectivity index (χ4v) is 2.25. The molecule has 0 spiro atoms. The third-order valence-electron chi connectivity index (χ3n) is 3.39. The number of nitrogens with zero attached hydrogens (tertiary/aromatic N) is 1. The standard InChI is InChI=1S/C17H13F2N3O3/c1-24-12-8-3-2-7-11(12)21-17-14(15(20)23)22-16(25-17)13-9(18)5-4-6-10(13)19/h2-8,21H,1H3,(H2,20,23). The minimum atomic E-state index is -0.913. The van der Waals surface area contributed by atoms with Gasteiger partial charge < -0.3 is 20.2 Å². The molecule has 0 fully saturated rings. The van der Waals surface area contributed by atoms with Crippen molar-refractivity contribution in [1.29, 1.82) is 0 Å². The van der Waals surface area contributed by atoms with Gasteiger partial charge in [0.05, 0.1) is 12.8 Å². The number of carbonyl (C=O) groups excluding carboxylic acids is 1. The fraction of sp³-hybridized carbons (Fsp3) is 0.0588. The third kappa shape index (κ3) is 3.14. The van der Waals surface area contributed by atoms with Gasteiger partial charge in [-0.2, -0.15) is 0 Å². The zero-order valence-corrected chi connectivity index (χ0v) is 13.0. The van der Waals surface area contributed by atoms with Gasteiger partial charge in [0, 0.05) is 0 Å². The van der Waals surface area contributed by atoms with Crippen LogP contribution in [0.4, 0.5) is 20.4 Å². The lowest BCUT2D eigenvalue weighted by molar-refractivity contribution is 0.0996. The average Bonchev–Trinajstić information content (AvgIpc) is 2.99. The molecule has 2 aromatic carbocycles. The molecule has 128 valence electrons. The SMILES string of the molecule is COc1ccccc1Nc1oc(-c2c(F)cccc2F)nc1C(N)=O. The van der Waals surface area contributed by atoms with Crippen LogP contribution in [0, 0.1) is 11.6 Å². The predicted octanol–water partition coefficient (Wildman–Crippen LogP) is 3.47. The first-order valence-electron chi connectivity index (χ1n) is 7.16. The van der Waals surface area contributed by atoms with Crippen molar-refractivity contribution in [2.45, 2.75) is 0 Å². The van der Waals surface area contributed by atoms with Crippen LogP contribution in [0.5, 0.6) is 5.75 Å². The number of nitrogens with two attached hydrogens (primary N) is 1. The molecule has 1 aromatic heterocycles. The topological polar surface area (TPSA) is 90.4 Å². The van der Waals surface area contributed by atoms with E-state index in [1.54, 1.807) is 24.3 Å². The van der Waals surface area contributed by atoms with Crippen LogP contribution in [-0.2, 0) is 0 Å². The first-order valence-corrected chi connectivity index (χ1v) is 7.16. The summed E-state index contributed by atoms with van der Waals surface area (Å²) in [6, 6.07) is 10.1. The summed E-state index contributed by atoms with van der Waals surface area (Å²) in [6.07, 6.45) is 0. The molecular weight excluding hydrogens is 332 g/mol. The molecule has 0 atom stereocenters. The molecular formula is C17H13F2N3O3. The van der Waals surface area contributed by atoms with Crippen molar-refractivity contribution in [2.75, 3.05) is 12.4 Å². The molecule has 6 nitrogen and oxygen atoms in total. The van der Waals surface area contributed by atoms with Gasteiger partial charge in [0.1, 0.15) is 22.9 Å². The quantitative estimate of drug-likeness (QED) is 0.739. The maximum atomic E-state index is 13.9. The summed E-state index contributed by atoms with van der Waals surface area (Å²) < 4.78 is 38.4. The normalized spacial score (nSPS) is 10.5. The van der Waals surface area contributed by atoms with E-state index in [1.807, 2.05) is 0 Å². The zero-order valence-electron chi connectivity index (χ0n) is 13.0. The molecule has 0 unspecified atom stereocenters. The lowest BCUT2D eigenvalue weighted by atomic mass is 10.2. The van der Waals surface area contributed by atoms with E-state index in [1.165, 1.54) is 13.2 Å². The molecule has 0 saturated heterocycles. The summed E-state index contributed by atoms with van der Waals surface area (Å²) in [5, 5.41) is 2.80. The lowest BCUT2D eigenvalue weighted by Gasteiger charge is -2.08. The van der Waals surface area contributed by atoms with Crippen LogP contribution in [0.2, 0.25) is 0 Å². The maximum absolute atomic E-state index is 13.9. The highest BCUT2D eigenvalue weighted by Gasteiger charge is 2.23. The summed E-state index contributed by atoms with van der Waals surface area (Å²) in [6.45, 7) is 0. The minimum absolute atomic E-state index is 0.144. The Labute approximate surface area is 141 Å². The van der Waals surface area contributed by atoms with Gasteiger partial charge in [0.2, 0.25) is 11.8 Å². The number of anilines is 2. The van der Waals surface area contributed by atoms with E-state index >= 15 is 0 Å². The number of para-hydroxylation sites is 2. The molecule has 3 N–H and O–H groups in total. The summed E-state index contributed by atoms with van der Waals surface area (Å²) >= 11 is 0. The highest BCUT2D eigenvalue weighted by atomic mass is 19.1. The second kappa shape index (κ2) is 6.60. The highest BCUT2D eigenvalue weighted by molar-refractivity contribution is 5.96. The second-order valence-corrected chi connectivity index (χ2v) is 4.98. The molecule has 8 heteroatoms. The van der Waals surface area contributed by atoms with Crippen LogP contribution < -0.4 is 15.8 Å². The number of nitrogens with one attached hydrogen (secondary N) is 1. The van der Waals surface area contributed by atoms with Gasteiger partial charge in [0.25, 0.3) is 5.91 Å². The number of carbonyl (C=O) groups is 1. The number of amides is 1. The minimum Gasteiger partial charge on any atom is -0.495 e. The van der Waals surface area contributed by atoms with E-state index in [0.717, 1.165) is 12.1 Å². The number of benzene rings is 2. The smallest absolute Gasteiger partial charge is 0.273 e. The van der Waals surface area contributed by atoms with E-state index < -0.39 is 29.0 Å². The number of hydrogen-bond donors (Lipinski definition) is 2. The van der Waals surface area contributed by atoms with Crippen molar-refractivity contribution >= 4 is 17.5 Å². The van der Waals surface area contributed by atoms with Gasteiger partial charge in [-0.15, -0.1) is 0 Å². The van der Waals surface area contributed by atoms with Gasteiger partial charge in [-0.25, -0.2) is 13.8 Å². The predicted molar refractivity (Wildman–Crippen MR) is 86.6 cm³/mol. The Bertz CT molecular complexity index is 920. The van der Waals surface area contributed by atoms with Gasteiger partial charge in [-0.1, -0.05) is 18.2 Å². The molecule has 0 aliphatic heterocycles. The van der Waals surface area contributed by atoms with Crippen molar-refractivity contribution in [3.63, 3.8) is 0 Å². The number of aromatic nitrogens is 1. The average molecular weight is 345 g/mol. The van der Waals surface area contributed by atoms with Crippen molar-refractivity contribution in [2.24, 2.45) is 5.73 Å². The molecule has 25 heavy (non-hydrogen) atoms. The Balaban J connectivity index is 2.09. The molecule has 0 radical (unpaired) electrons. The Morgan fingerprint density at radius 1 is 1.16 bits per heavy atom. The van der Waals surface area contributed by atoms with E-state index in [-0.39, 0.29) is 11.6 Å². The highest BCUT2D eigenvalue weighted by Crippen LogP contribution is 2.33. The number of primary amides is 1. The monoisotopic (exact) mass is 345 g/mol. The van der Waals surface area contributed by atoms with Crippen molar-refractivity contribution in [1.82, 2.24) is 4.98 Å². The Hall–Kier alpha value is -3.42. The number of halogens is 2. The van der Waals surface area contributed by atoms with E-state index in [2.05, 4.69) is 10.3 Å². The van der Waals surface area contributed by atoms with Crippen LogP contribution in [0.15, 0.2) is 46.9 Å². The first kappa shape index (κ1) is 16.4. The van der Waals surface area contributed by atoms with E-state index in [4.69, 9.17) is 14.9 Å². The van der Waals surface area contributed by atoms with Gasteiger partial charge in [-0.3, -0.25) is 4.79 Å². The second-order valence-electron chi connectivity index (χ2n) is 4.98. The zero-order chi connectivity index (χ0) is 18.0. The Morgan fingerprint density at radius 3 is 2.48 bits per heavy atom. The van der Waals surface area contributed by atoms with Crippen LogP contribution >= 0.6 is 0 Å². The van der Waals surface area contributed by atoms with E-state index in [0.29, 0.717) is 11.4 Å². The largest absolute Gasteiger partial charge is 0.495 e. The fourth-order valence-electron chi connectivity index (χ4n) is 2.25. The van der Waals surface area contributed by atoms with Crippen molar-refractivity contribution < 1.29 is 22.7 Å². The summed E-state index contributed by atoms with van der Waals surface area (Å²) in [5.41, 5.74) is 4.97. The maximum Gasteiger partial charge on any atom is 0.273 e. The van der Waals surface area contributed by atoms with Gasteiger partial charge >= 0.3 is 0 Å². The number of oxazole rings is 1. The third-order valence-corrected chi connectivity index (χ3v) is 3.39. The molecule has 1 amide bonds. The molecule has 1 heterocycles. The molecule has 0 aliphatic rings.